The van der Waals surface area contributed by atoms with Crippen LogP contribution in [0.3, 0.4) is 0 Å². The number of aromatic amines is 1. The Hall–Kier alpha value is -4.22. The Bertz CT molecular complexity index is 1360. The SMILES string of the molecule is O=C(N[C@@]1(C(F)(F)F)C(=O)Nc2c1c(=O)[nH]c(=O)n2-c1ccccc1)c1ccccc1F. The summed E-state index contributed by atoms with van der Waals surface area (Å²) in [6.45, 7) is 0. The van der Waals surface area contributed by atoms with Gasteiger partial charge >= 0.3 is 11.9 Å². The van der Waals surface area contributed by atoms with Gasteiger partial charge in [-0.15, -0.1) is 0 Å². The summed E-state index contributed by atoms with van der Waals surface area (Å²) >= 11 is 0. The largest absolute Gasteiger partial charge is 0.425 e. The van der Waals surface area contributed by atoms with E-state index in [1.807, 2.05) is 5.32 Å². The molecule has 0 spiro atoms. The highest BCUT2D eigenvalue weighted by molar-refractivity contribution is 6.09. The molecule has 32 heavy (non-hydrogen) atoms. The molecule has 2 heterocycles. The summed E-state index contributed by atoms with van der Waals surface area (Å²) in [4.78, 5) is 51.9. The van der Waals surface area contributed by atoms with E-state index >= 15 is 0 Å². The Morgan fingerprint density at radius 1 is 0.969 bits per heavy atom. The molecule has 2 amide bonds. The number of rotatable bonds is 3. The first-order valence-electron chi connectivity index (χ1n) is 8.98. The zero-order chi connectivity index (χ0) is 23.3. The number of anilines is 1. The number of hydrogen-bond donors (Lipinski definition) is 3. The maximum absolute atomic E-state index is 14.3. The van der Waals surface area contributed by atoms with Gasteiger partial charge in [-0.25, -0.2) is 13.8 Å². The molecule has 0 saturated heterocycles. The molecule has 1 aliphatic rings. The fraction of sp³-hybridized carbons (Fsp3) is 0.100. The highest BCUT2D eigenvalue weighted by atomic mass is 19.4. The number of carbonyl (C=O) groups is 2. The van der Waals surface area contributed by atoms with Crippen LogP contribution in [0.4, 0.5) is 23.4 Å². The van der Waals surface area contributed by atoms with Gasteiger partial charge in [-0.2, -0.15) is 13.2 Å². The quantitative estimate of drug-likeness (QED) is 0.531. The number of H-pyrrole nitrogens is 1. The van der Waals surface area contributed by atoms with E-state index in [4.69, 9.17) is 0 Å². The number of carbonyl (C=O) groups excluding carboxylic acids is 2. The van der Waals surface area contributed by atoms with Crippen molar-refractivity contribution in [3.8, 4) is 5.69 Å². The highest BCUT2D eigenvalue weighted by Gasteiger charge is 2.68. The van der Waals surface area contributed by atoms with Crippen molar-refractivity contribution in [2.75, 3.05) is 5.32 Å². The van der Waals surface area contributed by atoms with E-state index in [0.29, 0.717) is 4.57 Å². The molecule has 0 unspecified atom stereocenters. The number of benzene rings is 2. The molecule has 2 aromatic carbocycles. The molecule has 0 saturated carbocycles. The molecule has 1 atom stereocenters. The van der Waals surface area contributed by atoms with E-state index in [0.717, 1.165) is 12.1 Å². The first-order valence-corrected chi connectivity index (χ1v) is 8.98. The Morgan fingerprint density at radius 2 is 1.59 bits per heavy atom. The summed E-state index contributed by atoms with van der Waals surface area (Å²) in [5.74, 6) is -5.31. The van der Waals surface area contributed by atoms with Gasteiger partial charge in [0.15, 0.2) is 0 Å². The van der Waals surface area contributed by atoms with E-state index in [1.54, 1.807) is 11.1 Å². The molecule has 0 radical (unpaired) electrons. The number of aromatic nitrogens is 2. The van der Waals surface area contributed by atoms with Crippen LogP contribution in [0.5, 0.6) is 0 Å². The van der Waals surface area contributed by atoms with Crippen LogP contribution in [0.1, 0.15) is 15.9 Å². The maximum atomic E-state index is 14.3. The molecule has 0 aliphatic carbocycles. The van der Waals surface area contributed by atoms with E-state index in [2.05, 4.69) is 0 Å². The van der Waals surface area contributed by atoms with Crippen LogP contribution in [0.2, 0.25) is 0 Å². The van der Waals surface area contributed by atoms with Crippen molar-refractivity contribution in [1.29, 1.82) is 0 Å². The zero-order valence-corrected chi connectivity index (χ0v) is 15.8. The van der Waals surface area contributed by atoms with Crippen LogP contribution < -0.4 is 21.9 Å². The molecule has 0 bridgehead atoms. The standard InChI is InChI=1S/C20H12F4N4O4/c21-12-9-5-4-8-11(12)15(29)27-19(20(22,23)24)13-14(25-17(19)31)28(18(32)26-16(13)30)10-6-2-1-3-7-10/h1-9H,(H,25,31)(H,27,29)(H,26,30,32)/t19-/m1/s1. The number of amides is 2. The Kier molecular flexibility index (Phi) is 4.72. The Labute approximate surface area is 175 Å². The lowest BCUT2D eigenvalue weighted by molar-refractivity contribution is -0.196. The monoisotopic (exact) mass is 448 g/mol. The van der Waals surface area contributed by atoms with Gasteiger partial charge in [0.2, 0.25) is 0 Å². The first kappa shape index (κ1) is 21.0. The van der Waals surface area contributed by atoms with Crippen molar-refractivity contribution < 1.29 is 27.2 Å². The van der Waals surface area contributed by atoms with Crippen molar-refractivity contribution in [1.82, 2.24) is 14.9 Å². The maximum Gasteiger partial charge on any atom is 0.425 e. The van der Waals surface area contributed by atoms with Crippen molar-refractivity contribution in [3.05, 3.63) is 92.4 Å². The number of hydrogen-bond acceptors (Lipinski definition) is 4. The normalized spacial score (nSPS) is 17.6. The van der Waals surface area contributed by atoms with Crippen molar-refractivity contribution in [2.45, 2.75) is 11.7 Å². The molecule has 1 aromatic heterocycles. The lowest BCUT2D eigenvalue weighted by Gasteiger charge is -2.30. The molecule has 12 heteroatoms. The smallest absolute Gasteiger partial charge is 0.326 e. The third-order valence-corrected chi connectivity index (χ3v) is 4.92. The van der Waals surface area contributed by atoms with E-state index in [9.17, 15) is 36.7 Å². The minimum atomic E-state index is -5.53. The molecule has 8 nitrogen and oxygen atoms in total. The van der Waals surface area contributed by atoms with Gasteiger partial charge in [0.1, 0.15) is 17.2 Å². The minimum Gasteiger partial charge on any atom is -0.326 e. The predicted octanol–water partition coefficient (Wildman–Crippen LogP) is 1.80. The average molecular weight is 448 g/mol. The molecule has 3 aromatic rings. The summed E-state index contributed by atoms with van der Waals surface area (Å²) in [6.07, 6.45) is -5.53. The number of nitrogens with one attached hydrogen (secondary N) is 3. The van der Waals surface area contributed by atoms with Crippen LogP contribution in [0.25, 0.3) is 5.69 Å². The molecule has 164 valence electrons. The second kappa shape index (κ2) is 7.18. The van der Waals surface area contributed by atoms with Crippen molar-refractivity contribution >= 4 is 17.6 Å². The molecule has 3 N–H and O–H groups in total. The average Bonchev–Trinajstić information content (AvgIpc) is 3.02. The van der Waals surface area contributed by atoms with Crippen LogP contribution in [-0.4, -0.2) is 27.5 Å². The molecule has 0 fully saturated rings. The molecular weight excluding hydrogens is 436 g/mol. The van der Waals surface area contributed by atoms with Gasteiger partial charge in [0, 0.05) is 0 Å². The third-order valence-electron chi connectivity index (χ3n) is 4.92. The van der Waals surface area contributed by atoms with Crippen LogP contribution >= 0.6 is 0 Å². The lowest BCUT2D eigenvalue weighted by Crippen LogP contribution is -2.62. The number of fused-ring (bicyclic) bond motifs is 1. The molecular formula is C20H12F4N4O4. The van der Waals surface area contributed by atoms with Gasteiger partial charge < -0.3 is 10.6 Å². The fourth-order valence-corrected chi connectivity index (χ4v) is 3.48. The topological polar surface area (TPSA) is 113 Å². The number of alkyl halides is 3. The third kappa shape index (κ3) is 2.99. The Balaban J connectivity index is 1.99. The van der Waals surface area contributed by atoms with Gasteiger partial charge in [0.25, 0.3) is 22.9 Å². The predicted molar refractivity (Wildman–Crippen MR) is 103 cm³/mol. The highest BCUT2D eigenvalue weighted by Crippen LogP contribution is 2.45. The van der Waals surface area contributed by atoms with Crippen molar-refractivity contribution in [2.24, 2.45) is 0 Å². The van der Waals surface area contributed by atoms with Crippen LogP contribution in [-0.2, 0) is 10.3 Å². The van der Waals surface area contributed by atoms with Crippen molar-refractivity contribution in [3.63, 3.8) is 0 Å². The fourth-order valence-electron chi connectivity index (χ4n) is 3.48. The lowest BCUT2D eigenvalue weighted by atomic mass is 9.91. The van der Waals surface area contributed by atoms with E-state index in [-0.39, 0.29) is 5.69 Å². The second-order valence-corrected chi connectivity index (χ2v) is 6.79. The number of para-hydroxylation sites is 1. The minimum absolute atomic E-state index is 0.0451. The molecule has 4 rings (SSSR count). The van der Waals surface area contributed by atoms with Gasteiger partial charge in [0.05, 0.1) is 11.3 Å². The number of halogens is 4. The summed E-state index contributed by atoms with van der Waals surface area (Å²) in [5.41, 5.74) is -8.50. The first-order chi connectivity index (χ1) is 15.1. The zero-order valence-electron chi connectivity index (χ0n) is 15.8. The van der Waals surface area contributed by atoms with Gasteiger partial charge in [-0.1, -0.05) is 30.3 Å². The molecule has 1 aliphatic heterocycles. The Morgan fingerprint density at radius 3 is 2.22 bits per heavy atom. The summed E-state index contributed by atoms with van der Waals surface area (Å²) in [7, 11) is 0. The number of nitrogens with zero attached hydrogens (tertiary/aromatic N) is 1. The van der Waals surface area contributed by atoms with Gasteiger partial charge in [-0.3, -0.25) is 19.4 Å². The van der Waals surface area contributed by atoms with Crippen LogP contribution in [0, 0.1) is 5.82 Å². The van der Waals surface area contributed by atoms with E-state index in [1.165, 1.54) is 41.7 Å². The summed E-state index contributed by atoms with van der Waals surface area (Å²) < 4.78 is 57.6. The summed E-state index contributed by atoms with van der Waals surface area (Å²) in [5, 5.41) is 3.37. The van der Waals surface area contributed by atoms with E-state index < -0.39 is 57.5 Å². The summed E-state index contributed by atoms with van der Waals surface area (Å²) in [6, 6.07) is 11.4. The second-order valence-electron chi connectivity index (χ2n) is 6.79. The van der Waals surface area contributed by atoms with Crippen LogP contribution in [0.15, 0.2) is 64.2 Å². The van der Waals surface area contributed by atoms with Gasteiger partial charge in [-0.05, 0) is 24.3 Å².